The number of hydrogen-bond donors (Lipinski definition) is 2. The van der Waals surface area contributed by atoms with Gasteiger partial charge in [0.1, 0.15) is 11.6 Å². The van der Waals surface area contributed by atoms with E-state index in [1.165, 1.54) is 0 Å². The van der Waals surface area contributed by atoms with Crippen LogP contribution in [-0.2, 0) is 0 Å². The van der Waals surface area contributed by atoms with Gasteiger partial charge in [-0.1, -0.05) is 5.16 Å². The third-order valence-corrected chi connectivity index (χ3v) is 2.97. The zero-order chi connectivity index (χ0) is 13.4. The third kappa shape index (κ3) is 2.47. The van der Waals surface area contributed by atoms with Gasteiger partial charge >= 0.3 is 0 Å². The predicted molar refractivity (Wildman–Crippen MR) is 61.0 cm³/mol. The zero-order valence-corrected chi connectivity index (χ0v) is 9.81. The molecule has 0 spiro atoms. The lowest BCUT2D eigenvalue weighted by Gasteiger charge is -2.01. The maximum Gasteiger partial charge on any atom is 0.244 e. The summed E-state index contributed by atoms with van der Waals surface area (Å²) in [4.78, 5) is 4.09. The van der Waals surface area contributed by atoms with Crippen molar-refractivity contribution in [2.45, 2.75) is 18.6 Å². The van der Waals surface area contributed by atoms with Crippen molar-refractivity contribution in [3.05, 3.63) is 35.7 Å². The number of β-amino-alcohol motifs (C(OH)–C–C–N with tert-alkyl or cyclic N) is 1. The third-order valence-electron chi connectivity index (χ3n) is 2.97. The highest BCUT2D eigenvalue weighted by Crippen LogP contribution is 2.25. The first-order chi connectivity index (χ1) is 9.11. The second-order valence-corrected chi connectivity index (χ2v) is 4.46. The SMILES string of the molecule is O[C@H]1CN[C@H](c2nc(-c3cc(F)cc(F)c3)no2)C1. The topological polar surface area (TPSA) is 71.2 Å². The summed E-state index contributed by atoms with van der Waals surface area (Å²) < 4.78 is 31.3. The quantitative estimate of drug-likeness (QED) is 0.860. The molecule has 0 aliphatic carbocycles. The van der Waals surface area contributed by atoms with Gasteiger partial charge in [-0.2, -0.15) is 4.98 Å². The molecule has 0 amide bonds. The Kier molecular flexibility index (Phi) is 3.00. The molecule has 1 fully saturated rings. The molecule has 0 saturated carbocycles. The van der Waals surface area contributed by atoms with Crippen molar-refractivity contribution in [2.24, 2.45) is 0 Å². The molecule has 0 unspecified atom stereocenters. The summed E-state index contributed by atoms with van der Waals surface area (Å²) >= 11 is 0. The highest BCUT2D eigenvalue weighted by atomic mass is 19.1. The molecule has 1 aromatic heterocycles. The first kappa shape index (κ1) is 12.2. The van der Waals surface area contributed by atoms with Crippen LogP contribution in [0, 0.1) is 11.6 Å². The molecule has 2 N–H and O–H groups in total. The number of halogens is 2. The second kappa shape index (κ2) is 4.67. The van der Waals surface area contributed by atoms with E-state index in [4.69, 9.17) is 4.52 Å². The van der Waals surface area contributed by atoms with Gasteiger partial charge in [0.25, 0.3) is 0 Å². The largest absolute Gasteiger partial charge is 0.392 e. The fourth-order valence-electron chi connectivity index (χ4n) is 2.08. The number of aromatic nitrogens is 2. The molecule has 5 nitrogen and oxygen atoms in total. The van der Waals surface area contributed by atoms with Gasteiger partial charge < -0.3 is 14.9 Å². The van der Waals surface area contributed by atoms with Gasteiger partial charge in [0.05, 0.1) is 12.1 Å². The lowest BCUT2D eigenvalue weighted by Crippen LogP contribution is -2.15. The van der Waals surface area contributed by atoms with Gasteiger partial charge in [-0.3, -0.25) is 0 Å². The molecule has 2 aromatic rings. The van der Waals surface area contributed by atoms with Crippen molar-refractivity contribution >= 4 is 0 Å². The minimum Gasteiger partial charge on any atom is -0.392 e. The van der Waals surface area contributed by atoms with Crippen molar-refractivity contribution in [3.8, 4) is 11.4 Å². The van der Waals surface area contributed by atoms with Gasteiger partial charge in [-0.15, -0.1) is 0 Å². The van der Waals surface area contributed by atoms with Crippen molar-refractivity contribution in [1.29, 1.82) is 0 Å². The molecule has 19 heavy (non-hydrogen) atoms. The van der Waals surface area contributed by atoms with E-state index in [0.717, 1.165) is 18.2 Å². The Balaban J connectivity index is 1.88. The van der Waals surface area contributed by atoms with Crippen LogP contribution in [0.25, 0.3) is 11.4 Å². The lowest BCUT2D eigenvalue weighted by molar-refractivity contribution is 0.191. The van der Waals surface area contributed by atoms with Crippen LogP contribution in [0.5, 0.6) is 0 Å². The minimum absolute atomic E-state index is 0.122. The Morgan fingerprint density at radius 2 is 2.00 bits per heavy atom. The molecule has 2 atom stereocenters. The summed E-state index contributed by atoms with van der Waals surface area (Å²) in [6.07, 6.45) is 0.0195. The Morgan fingerprint density at radius 1 is 1.26 bits per heavy atom. The molecule has 7 heteroatoms. The maximum atomic E-state index is 13.1. The molecule has 0 radical (unpaired) electrons. The number of rotatable bonds is 2. The fourth-order valence-corrected chi connectivity index (χ4v) is 2.08. The highest BCUT2D eigenvalue weighted by molar-refractivity contribution is 5.54. The van der Waals surface area contributed by atoms with Crippen LogP contribution in [0.4, 0.5) is 8.78 Å². The fraction of sp³-hybridized carbons (Fsp3) is 0.333. The molecule has 1 aromatic carbocycles. The van der Waals surface area contributed by atoms with E-state index in [9.17, 15) is 13.9 Å². The molecule has 0 bridgehead atoms. The molecule has 1 aliphatic rings. The van der Waals surface area contributed by atoms with Crippen LogP contribution >= 0.6 is 0 Å². The van der Waals surface area contributed by atoms with Crippen molar-refractivity contribution in [3.63, 3.8) is 0 Å². The molecule has 1 saturated heterocycles. The van der Waals surface area contributed by atoms with Gasteiger partial charge in [0.2, 0.25) is 11.7 Å². The number of hydrogen-bond acceptors (Lipinski definition) is 5. The standard InChI is InChI=1S/C12H11F2N3O2/c13-7-1-6(2-8(14)3-7)11-16-12(19-17-11)10-4-9(18)5-15-10/h1-3,9-10,15,18H,4-5H2/t9-,10+/m1/s1. The predicted octanol–water partition coefficient (Wildman–Crippen LogP) is 1.41. The van der Waals surface area contributed by atoms with Gasteiger partial charge in [0, 0.05) is 18.2 Å². The Hall–Kier alpha value is -1.86. The van der Waals surface area contributed by atoms with Crippen LogP contribution < -0.4 is 5.32 Å². The van der Waals surface area contributed by atoms with E-state index in [0.29, 0.717) is 18.9 Å². The van der Waals surface area contributed by atoms with Crippen molar-refractivity contribution in [2.75, 3.05) is 6.54 Å². The first-order valence-corrected chi connectivity index (χ1v) is 5.83. The van der Waals surface area contributed by atoms with E-state index in [1.807, 2.05) is 0 Å². The molecule has 1 aliphatic heterocycles. The van der Waals surface area contributed by atoms with E-state index in [2.05, 4.69) is 15.5 Å². The number of aliphatic hydroxyl groups is 1. The molecule has 3 rings (SSSR count). The normalized spacial score (nSPS) is 22.9. The first-order valence-electron chi connectivity index (χ1n) is 5.83. The van der Waals surface area contributed by atoms with Gasteiger partial charge in [-0.05, 0) is 18.6 Å². The highest BCUT2D eigenvalue weighted by Gasteiger charge is 2.28. The summed E-state index contributed by atoms with van der Waals surface area (Å²) in [7, 11) is 0. The summed E-state index contributed by atoms with van der Waals surface area (Å²) in [6, 6.07) is 2.82. The summed E-state index contributed by atoms with van der Waals surface area (Å²) in [5, 5.41) is 16.1. The van der Waals surface area contributed by atoms with Gasteiger partial charge in [-0.25, -0.2) is 8.78 Å². The summed E-state index contributed by atoms with van der Waals surface area (Å²) in [6.45, 7) is 0.455. The number of nitrogens with zero attached hydrogens (tertiary/aromatic N) is 2. The molecule has 2 heterocycles. The minimum atomic E-state index is -0.698. The Labute approximate surface area is 107 Å². The Bertz CT molecular complexity index is 582. The number of benzene rings is 1. The van der Waals surface area contributed by atoms with E-state index >= 15 is 0 Å². The van der Waals surface area contributed by atoms with E-state index < -0.39 is 17.7 Å². The lowest BCUT2D eigenvalue weighted by atomic mass is 10.2. The average Bonchev–Trinajstić information content (AvgIpc) is 2.95. The van der Waals surface area contributed by atoms with Crippen molar-refractivity contribution in [1.82, 2.24) is 15.5 Å². The van der Waals surface area contributed by atoms with Gasteiger partial charge in [0.15, 0.2) is 0 Å². The molecular formula is C12H11F2N3O2. The van der Waals surface area contributed by atoms with E-state index in [-0.39, 0.29) is 17.4 Å². The Morgan fingerprint density at radius 3 is 2.63 bits per heavy atom. The van der Waals surface area contributed by atoms with Crippen LogP contribution in [-0.4, -0.2) is 27.9 Å². The van der Waals surface area contributed by atoms with Crippen LogP contribution in [0.3, 0.4) is 0 Å². The van der Waals surface area contributed by atoms with Crippen LogP contribution in [0.2, 0.25) is 0 Å². The summed E-state index contributed by atoms with van der Waals surface area (Å²) in [5.41, 5.74) is 0.214. The molecule has 100 valence electrons. The number of aliphatic hydroxyl groups excluding tert-OH is 1. The zero-order valence-electron chi connectivity index (χ0n) is 9.81. The van der Waals surface area contributed by atoms with E-state index in [1.54, 1.807) is 0 Å². The van der Waals surface area contributed by atoms with Crippen LogP contribution in [0.15, 0.2) is 22.7 Å². The summed E-state index contributed by atoms with van der Waals surface area (Å²) in [5.74, 6) is -0.973. The monoisotopic (exact) mass is 267 g/mol. The van der Waals surface area contributed by atoms with Crippen LogP contribution in [0.1, 0.15) is 18.4 Å². The smallest absolute Gasteiger partial charge is 0.244 e. The van der Waals surface area contributed by atoms with Crippen molar-refractivity contribution < 1.29 is 18.4 Å². The number of nitrogens with one attached hydrogen (secondary N) is 1. The average molecular weight is 267 g/mol. The maximum absolute atomic E-state index is 13.1. The molecular weight excluding hydrogens is 256 g/mol. The second-order valence-electron chi connectivity index (χ2n) is 4.46.